The SMILES string of the molecule is CCCCCn1nc(C(=O)NNC(=O)c2ccc(OC(F)F)c(OC)c2)c2ccccc2c1=O. The summed E-state index contributed by atoms with van der Waals surface area (Å²) < 4.78 is 35.5. The number of alkyl halides is 2. The molecule has 1 aromatic heterocycles. The maximum atomic E-state index is 12.9. The van der Waals surface area contributed by atoms with Gasteiger partial charge in [0.25, 0.3) is 17.4 Å². The monoisotopic (exact) mass is 474 g/mol. The number of hydrogen-bond acceptors (Lipinski definition) is 6. The van der Waals surface area contributed by atoms with Gasteiger partial charge in [-0.25, -0.2) is 4.68 Å². The number of carbonyl (C=O) groups excluding carboxylic acids is 2. The molecule has 180 valence electrons. The molecule has 0 radical (unpaired) electrons. The third-order valence-corrected chi connectivity index (χ3v) is 4.99. The summed E-state index contributed by atoms with van der Waals surface area (Å²) >= 11 is 0. The first-order chi connectivity index (χ1) is 16.3. The second-order valence-corrected chi connectivity index (χ2v) is 7.28. The topological polar surface area (TPSA) is 112 Å². The van der Waals surface area contributed by atoms with Gasteiger partial charge in [0, 0.05) is 17.5 Å². The number of rotatable bonds is 9. The van der Waals surface area contributed by atoms with E-state index in [1.165, 1.54) is 23.9 Å². The van der Waals surface area contributed by atoms with Gasteiger partial charge in [-0.2, -0.15) is 13.9 Å². The zero-order chi connectivity index (χ0) is 24.7. The van der Waals surface area contributed by atoms with Crippen molar-refractivity contribution in [3.8, 4) is 11.5 Å². The average Bonchev–Trinajstić information content (AvgIpc) is 2.83. The lowest BCUT2D eigenvalue weighted by molar-refractivity contribution is -0.0512. The Labute approximate surface area is 193 Å². The fourth-order valence-corrected chi connectivity index (χ4v) is 3.31. The van der Waals surface area contributed by atoms with E-state index in [1.54, 1.807) is 24.3 Å². The Kier molecular flexibility index (Phi) is 8.12. The highest BCUT2D eigenvalue weighted by molar-refractivity contribution is 6.06. The first-order valence-electron chi connectivity index (χ1n) is 10.6. The molecule has 0 aliphatic carbocycles. The number of aromatic nitrogens is 2. The van der Waals surface area contributed by atoms with Gasteiger partial charge in [0.2, 0.25) is 0 Å². The number of methoxy groups -OCH3 is 1. The number of hydrazine groups is 1. The fourth-order valence-electron chi connectivity index (χ4n) is 3.31. The van der Waals surface area contributed by atoms with Gasteiger partial charge in [-0.3, -0.25) is 25.2 Å². The van der Waals surface area contributed by atoms with Crippen LogP contribution in [0.5, 0.6) is 11.5 Å². The van der Waals surface area contributed by atoms with E-state index in [0.29, 0.717) is 17.3 Å². The lowest BCUT2D eigenvalue weighted by Gasteiger charge is -2.13. The largest absolute Gasteiger partial charge is 0.493 e. The number of fused-ring (bicyclic) bond motifs is 1. The summed E-state index contributed by atoms with van der Waals surface area (Å²) in [4.78, 5) is 38.1. The zero-order valence-corrected chi connectivity index (χ0v) is 18.6. The minimum atomic E-state index is -3.06. The number of halogens is 2. The molecule has 0 spiro atoms. The molecule has 2 amide bonds. The first kappa shape index (κ1) is 24.6. The Hall–Kier alpha value is -4.02. The van der Waals surface area contributed by atoms with Crippen LogP contribution in [0.2, 0.25) is 0 Å². The number of aryl methyl sites for hydroxylation is 1. The Morgan fingerprint density at radius 1 is 1.03 bits per heavy atom. The van der Waals surface area contributed by atoms with Crippen LogP contribution in [-0.4, -0.2) is 35.3 Å². The molecule has 0 aliphatic rings. The molecule has 0 saturated heterocycles. The maximum absolute atomic E-state index is 12.9. The van der Waals surface area contributed by atoms with Gasteiger partial charge in [0.15, 0.2) is 17.2 Å². The molecule has 0 bridgehead atoms. The first-order valence-corrected chi connectivity index (χ1v) is 10.6. The van der Waals surface area contributed by atoms with Crippen LogP contribution in [0.15, 0.2) is 47.3 Å². The molecular weight excluding hydrogens is 450 g/mol. The highest BCUT2D eigenvalue weighted by atomic mass is 19.3. The van der Waals surface area contributed by atoms with Crippen LogP contribution in [0.4, 0.5) is 8.78 Å². The van der Waals surface area contributed by atoms with Crippen molar-refractivity contribution in [1.29, 1.82) is 0 Å². The van der Waals surface area contributed by atoms with Crippen molar-refractivity contribution in [2.75, 3.05) is 7.11 Å². The summed E-state index contributed by atoms with van der Waals surface area (Å²) in [5.74, 6) is -1.76. The van der Waals surface area contributed by atoms with E-state index in [2.05, 4.69) is 20.7 Å². The number of unbranched alkanes of at least 4 members (excludes halogenated alkanes) is 2. The summed E-state index contributed by atoms with van der Waals surface area (Å²) in [5.41, 5.74) is 4.23. The van der Waals surface area contributed by atoms with E-state index in [9.17, 15) is 23.2 Å². The highest BCUT2D eigenvalue weighted by Crippen LogP contribution is 2.29. The Morgan fingerprint density at radius 2 is 1.74 bits per heavy atom. The van der Waals surface area contributed by atoms with E-state index in [0.717, 1.165) is 25.3 Å². The van der Waals surface area contributed by atoms with Crippen molar-refractivity contribution in [1.82, 2.24) is 20.6 Å². The molecule has 0 unspecified atom stereocenters. The van der Waals surface area contributed by atoms with Crippen LogP contribution in [0.3, 0.4) is 0 Å². The van der Waals surface area contributed by atoms with Crippen LogP contribution in [0.1, 0.15) is 47.0 Å². The predicted octanol–water partition coefficient (Wildman–Crippen LogP) is 3.27. The van der Waals surface area contributed by atoms with Gasteiger partial charge < -0.3 is 9.47 Å². The summed E-state index contributed by atoms with van der Waals surface area (Å²) in [6, 6.07) is 10.2. The molecule has 1 heterocycles. The van der Waals surface area contributed by atoms with Crippen molar-refractivity contribution >= 4 is 22.6 Å². The number of carbonyl (C=O) groups is 2. The number of amides is 2. The minimum absolute atomic E-state index is 0.0229. The van der Waals surface area contributed by atoms with Crippen LogP contribution < -0.4 is 25.9 Å². The molecule has 9 nitrogen and oxygen atoms in total. The molecular formula is C23H24F2N4O5. The van der Waals surface area contributed by atoms with Gasteiger partial charge >= 0.3 is 6.61 Å². The van der Waals surface area contributed by atoms with Crippen molar-refractivity contribution in [3.05, 3.63) is 64.1 Å². The van der Waals surface area contributed by atoms with Crippen molar-refractivity contribution in [2.24, 2.45) is 0 Å². The Morgan fingerprint density at radius 3 is 2.41 bits per heavy atom. The van der Waals surface area contributed by atoms with Gasteiger partial charge in [-0.05, 0) is 30.7 Å². The molecule has 3 rings (SSSR count). The standard InChI is InChI=1S/C23H24F2N4O5/c1-3-4-7-12-29-22(32)16-9-6-5-8-15(16)19(28-29)21(31)27-26-20(30)14-10-11-17(34-23(24)25)18(13-14)33-2/h5-6,8-11,13,23H,3-4,7,12H2,1-2H3,(H,26,30)(H,27,31). The second-order valence-electron chi connectivity index (χ2n) is 7.28. The minimum Gasteiger partial charge on any atom is -0.493 e. The summed E-state index contributed by atoms with van der Waals surface area (Å²) in [6.45, 7) is -0.662. The van der Waals surface area contributed by atoms with Crippen molar-refractivity contribution < 1.29 is 27.8 Å². The van der Waals surface area contributed by atoms with Crippen LogP contribution in [-0.2, 0) is 6.54 Å². The van der Waals surface area contributed by atoms with Crippen molar-refractivity contribution in [2.45, 2.75) is 39.3 Å². The van der Waals surface area contributed by atoms with E-state index >= 15 is 0 Å². The molecule has 2 aromatic carbocycles. The Balaban J connectivity index is 1.80. The number of ether oxygens (including phenoxy) is 2. The van der Waals surface area contributed by atoms with Gasteiger partial charge in [0.1, 0.15) is 0 Å². The van der Waals surface area contributed by atoms with E-state index in [4.69, 9.17) is 4.74 Å². The number of nitrogens with one attached hydrogen (secondary N) is 2. The van der Waals surface area contributed by atoms with Crippen molar-refractivity contribution in [3.63, 3.8) is 0 Å². The second kappa shape index (κ2) is 11.2. The van der Waals surface area contributed by atoms with E-state index < -0.39 is 18.4 Å². The number of hydrogen-bond donors (Lipinski definition) is 2. The third kappa shape index (κ3) is 5.66. The summed E-state index contributed by atoms with van der Waals surface area (Å²) in [5, 5.41) is 4.91. The fraction of sp³-hybridized carbons (Fsp3) is 0.304. The Bertz CT molecular complexity index is 1250. The predicted molar refractivity (Wildman–Crippen MR) is 120 cm³/mol. The molecule has 0 saturated carbocycles. The van der Waals surface area contributed by atoms with Gasteiger partial charge in [-0.1, -0.05) is 38.0 Å². The lowest BCUT2D eigenvalue weighted by atomic mass is 10.1. The van der Waals surface area contributed by atoms with Crippen LogP contribution in [0, 0.1) is 0 Å². The lowest BCUT2D eigenvalue weighted by Crippen LogP contribution is -2.42. The smallest absolute Gasteiger partial charge is 0.387 e. The molecule has 0 fully saturated rings. The average molecular weight is 474 g/mol. The van der Waals surface area contributed by atoms with E-state index in [1.807, 2.05) is 6.92 Å². The molecule has 3 aromatic rings. The quantitative estimate of drug-likeness (QED) is 0.364. The molecule has 34 heavy (non-hydrogen) atoms. The molecule has 11 heteroatoms. The summed E-state index contributed by atoms with van der Waals surface area (Å²) in [6.07, 6.45) is 2.59. The van der Waals surface area contributed by atoms with Gasteiger partial charge in [-0.15, -0.1) is 0 Å². The summed E-state index contributed by atoms with van der Waals surface area (Å²) in [7, 11) is 1.24. The van der Waals surface area contributed by atoms with Crippen LogP contribution in [0.25, 0.3) is 10.8 Å². The molecule has 0 aliphatic heterocycles. The zero-order valence-electron chi connectivity index (χ0n) is 18.6. The maximum Gasteiger partial charge on any atom is 0.387 e. The highest BCUT2D eigenvalue weighted by Gasteiger charge is 2.19. The normalized spacial score (nSPS) is 10.9. The van der Waals surface area contributed by atoms with E-state index in [-0.39, 0.29) is 28.3 Å². The van der Waals surface area contributed by atoms with Gasteiger partial charge in [0.05, 0.1) is 12.5 Å². The van der Waals surface area contributed by atoms with Crippen LogP contribution >= 0.6 is 0 Å². The number of nitrogens with zero attached hydrogens (tertiary/aromatic N) is 2. The molecule has 0 atom stereocenters. The molecule has 2 N–H and O–H groups in total. The number of benzene rings is 2. The third-order valence-electron chi connectivity index (χ3n) is 4.99.